The van der Waals surface area contributed by atoms with E-state index >= 15 is 0 Å². The largest absolute Gasteiger partial charge is 0.490 e. The van der Waals surface area contributed by atoms with E-state index in [1.165, 1.54) is 48.8 Å². The zero-order chi connectivity index (χ0) is 33.8. The maximum Gasteiger partial charge on any atom is 0.119 e. The molecule has 0 N–H and O–H groups in total. The van der Waals surface area contributed by atoms with Crippen molar-refractivity contribution >= 4 is 22.3 Å². The molecule has 1 saturated heterocycles. The third-order valence-electron chi connectivity index (χ3n) is 7.49. The molecule has 0 aromatic heterocycles. The lowest BCUT2D eigenvalue weighted by molar-refractivity contribution is 0.114. The fraction of sp³-hybridized carbons (Fsp3) is 0.675. The van der Waals surface area contributed by atoms with Crippen LogP contribution in [0.4, 0.5) is 0 Å². The molecule has 0 atom stereocenters. The minimum absolute atomic E-state index is 0.313. The molecule has 4 heteroatoms. The molecule has 1 aliphatic carbocycles. The first-order valence-electron chi connectivity index (χ1n) is 18.1. The quantitative estimate of drug-likeness (QED) is 0.190. The minimum atomic E-state index is 0.313. The zero-order valence-corrected chi connectivity index (χ0v) is 31.8. The Labute approximate surface area is 280 Å². The Kier molecular flexibility index (Phi) is 30.0. The SMILES string of the molecule is CC.CC.CC.CC1CCCCC1.CCC\C=C(C(=C/N=C(C)Cl)/C(C)=C/CCC)\c1ccc(OC2CCN(C)CC2)cc1. The van der Waals surface area contributed by atoms with Crippen LogP contribution in [-0.2, 0) is 0 Å². The van der Waals surface area contributed by atoms with E-state index in [2.05, 4.69) is 81.1 Å². The van der Waals surface area contributed by atoms with Crippen LogP contribution in [-0.4, -0.2) is 36.3 Å². The summed E-state index contributed by atoms with van der Waals surface area (Å²) in [6.45, 7) is 24.9. The number of hydrogen-bond donors (Lipinski definition) is 0. The van der Waals surface area contributed by atoms with Gasteiger partial charge in [-0.3, -0.25) is 0 Å². The number of benzene rings is 1. The molecule has 3 rings (SSSR count). The van der Waals surface area contributed by atoms with Gasteiger partial charge in [-0.2, -0.15) is 0 Å². The summed E-state index contributed by atoms with van der Waals surface area (Å²) in [5.74, 6) is 1.99. The molecule has 1 aromatic rings. The number of unbranched alkanes of at least 4 members (excludes halogenated alkanes) is 2. The second-order valence-electron chi connectivity index (χ2n) is 11.1. The summed E-state index contributed by atoms with van der Waals surface area (Å²) in [7, 11) is 2.17. The third kappa shape index (κ3) is 20.2. The van der Waals surface area contributed by atoms with E-state index in [-0.39, 0.29) is 0 Å². The van der Waals surface area contributed by atoms with E-state index in [4.69, 9.17) is 16.3 Å². The second kappa shape index (κ2) is 29.8. The van der Waals surface area contributed by atoms with Gasteiger partial charge in [0, 0.05) is 24.9 Å². The molecule has 0 amide bonds. The van der Waals surface area contributed by atoms with Crippen molar-refractivity contribution in [3.05, 3.63) is 59.3 Å². The number of ether oxygens (including phenoxy) is 1. The van der Waals surface area contributed by atoms with Crippen molar-refractivity contribution in [2.45, 2.75) is 153 Å². The third-order valence-corrected chi connectivity index (χ3v) is 7.59. The number of piperidine rings is 1. The lowest BCUT2D eigenvalue weighted by atomic mass is 9.91. The molecule has 1 aromatic carbocycles. The van der Waals surface area contributed by atoms with Gasteiger partial charge in [-0.05, 0) is 81.3 Å². The molecule has 2 aliphatic rings. The lowest BCUT2D eigenvalue weighted by Gasteiger charge is -2.29. The summed E-state index contributed by atoms with van der Waals surface area (Å²) in [6.07, 6.45) is 20.7. The smallest absolute Gasteiger partial charge is 0.119 e. The summed E-state index contributed by atoms with van der Waals surface area (Å²) >= 11 is 6.06. The Bertz CT molecular complexity index is 911. The van der Waals surface area contributed by atoms with Gasteiger partial charge in [0.05, 0.1) is 0 Å². The summed E-state index contributed by atoms with van der Waals surface area (Å²) in [4.78, 5) is 6.78. The topological polar surface area (TPSA) is 24.8 Å². The fourth-order valence-electron chi connectivity index (χ4n) is 5.00. The van der Waals surface area contributed by atoms with Crippen LogP contribution in [0, 0.1) is 5.92 Å². The highest BCUT2D eigenvalue weighted by molar-refractivity contribution is 6.64. The summed E-state index contributed by atoms with van der Waals surface area (Å²) < 4.78 is 6.25. The van der Waals surface area contributed by atoms with Crippen molar-refractivity contribution in [3.8, 4) is 5.75 Å². The van der Waals surface area contributed by atoms with Gasteiger partial charge in [0.25, 0.3) is 0 Å². The highest BCUT2D eigenvalue weighted by atomic mass is 35.5. The molecule has 1 heterocycles. The van der Waals surface area contributed by atoms with Crippen LogP contribution < -0.4 is 4.74 Å². The minimum Gasteiger partial charge on any atom is -0.490 e. The predicted molar refractivity (Wildman–Crippen MR) is 202 cm³/mol. The average Bonchev–Trinajstić information content (AvgIpc) is 3.06. The number of allylic oxidation sites excluding steroid dienone is 5. The number of hydrogen-bond acceptors (Lipinski definition) is 3. The Hall–Kier alpha value is -1.84. The van der Waals surface area contributed by atoms with Gasteiger partial charge in [-0.15, -0.1) is 0 Å². The standard InChI is InChI=1S/C27H39ClN2O.C7H14.3C2H6/c1-6-8-10-21(3)27(20-29-22(4)28)26(11-9-7-2)23-12-14-24(15-13-23)31-25-16-18-30(5)19-17-25;1-7-5-3-2-4-6-7;3*1-2/h10-15,20,25H,6-9,16-19H2,1-5H3;7H,2-6H2,1H3;3*1-2H3/b21-10+,26-11-,27-20+,29-22?;;;;. The molecule has 1 aliphatic heterocycles. The van der Waals surface area contributed by atoms with Crippen LogP contribution in [0.2, 0.25) is 0 Å². The first-order chi connectivity index (χ1) is 21.3. The van der Waals surface area contributed by atoms with Crippen molar-refractivity contribution in [1.82, 2.24) is 4.90 Å². The summed E-state index contributed by atoms with van der Waals surface area (Å²) in [5.41, 5.74) is 4.75. The van der Waals surface area contributed by atoms with Crippen LogP contribution in [0.15, 0.2) is 58.8 Å². The van der Waals surface area contributed by atoms with Crippen molar-refractivity contribution < 1.29 is 4.74 Å². The molecule has 0 radical (unpaired) electrons. The van der Waals surface area contributed by atoms with Gasteiger partial charge in [0.1, 0.15) is 17.0 Å². The molecule has 0 spiro atoms. The molecule has 0 unspecified atom stereocenters. The first kappa shape index (κ1) is 44.3. The molecule has 0 bridgehead atoms. The molecule has 254 valence electrons. The monoisotopic (exact) mass is 631 g/mol. The number of aliphatic imine (C=N–C) groups is 1. The number of halogens is 1. The highest BCUT2D eigenvalue weighted by Crippen LogP contribution is 2.32. The van der Waals surface area contributed by atoms with Gasteiger partial charge in [-0.1, -0.05) is 143 Å². The van der Waals surface area contributed by atoms with Gasteiger partial charge in [-0.25, -0.2) is 4.99 Å². The van der Waals surface area contributed by atoms with Gasteiger partial charge in [0.2, 0.25) is 0 Å². The predicted octanol–water partition coefficient (Wildman–Crippen LogP) is 13.3. The van der Waals surface area contributed by atoms with E-state index in [1.54, 1.807) is 0 Å². The van der Waals surface area contributed by atoms with Crippen LogP contribution in [0.25, 0.3) is 5.57 Å². The average molecular weight is 631 g/mol. The Balaban J connectivity index is 0. The Morgan fingerprint density at radius 1 is 0.841 bits per heavy atom. The van der Waals surface area contributed by atoms with E-state index in [0.717, 1.165) is 68.9 Å². The fourth-order valence-corrected chi connectivity index (χ4v) is 5.04. The van der Waals surface area contributed by atoms with Crippen molar-refractivity contribution in [1.29, 1.82) is 0 Å². The Morgan fingerprint density at radius 3 is 1.82 bits per heavy atom. The second-order valence-corrected chi connectivity index (χ2v) is 11.7. The van der Waals surface area contributed by atoms with E-state index in [0.29, 0.717) is 11.3 Å². The summed E-state index contributed by atoms with van der Waals surface area (Å²) in [6, 6.07) is 8.55. The van der Waals surface area contributed by atoms with Crippen LogP contribution in [0.5, 0.6) is 5.75 Å². The molecule has 2 fully saturated rings. The molecular weight excluding hydrogens is 560 g/mol. The number of rotatable bonds is 10. The molecular formula is C40H71ClN2O. The maximum absolute atomic E-state index is 6.25. The number of likely N-dealkylation sites (tertiary alicyclic amines) is 1. The maximum atomic E-state index is 6.25. The zero-order valence-electron chi connectivity index (χ0n) is 31.1. The highest BCUT2D eigenvalue weighted by Gasteiger charge is 2.18. The van der Waals surface area contributed by atoms with Gasteiger partial charge < -0.3 is 9.64 Å². The molecule has 3 nitrogen and oxygen atoms in total. The lowest BCUT2D eigenvalue weighted by Crippen LogP contribution is -2.35. The van der Waals surface area contributed by atoms with Crippen molar-refractivity contribution in [2.24, 2.45) is 10.9 Å². The first-order valence-corrected chi connectivity index (χ1v) is 18.4. The van der Waals surface area contributed by atoms with Crippen LogP contribution >= 0.6 is 11.6 Å². The normalized spacial score (nSPS) is 17.0. The molecule has 44 heavy (non-hydrogen) atoms. The van der Waals surface area contributed by atoms with E-state index in [9.17, 15) is 0 Å². The van der Waals surface area contributed by atoms with E-state index < -0.39 is 0 Å². The van der Waals surface area contributed by atoms with Gasteiger partial charge in [0.15, 0.2) is 0 Å². The summed E-state index contributed by atoms with van der Waals surface area (Å²) in [5, 5.41) is 0.539. The van der Waals surface area contributed by atoms with Gasteiger partial charge >= 0.3 is 0 Å². The number of nitrogens with zero attached hydrogens (tertiary/aromatic N) is 2. The Morgan fingerprint density at radius 2 is 1.36 bits per heavy atom. The van der Waals surface area contributed by atoms with Crippen molar-refractivity contribution in [3.63, 3.8) is 0 Å². The molecule has 1 saturated carbocycles. The van der Waals surface area contributed by atoms with Crippen LogP contribution in [0.3, 0.4) is 0 Å². The van der Waals surface area contributed by atoms with Crippen molar-refractivity contribution in [2.75, 3.05) is 20.1 Å². The van der Waals surface area contributed by atoms with E-state index in [1.807, 2.05) is 54.7 Å². The van der Waals surface area contributed by atoms with Crippen LogP contribution in [0.1, 0.15) is 152 Å².